The lowest BCUT2D eigenvalue weighted by atomic mass is 10.0. The summed E-state index contributed by atoms with van der Waals surface area (Å²) >= 11 is 0. The third-order valence-corrected chi connectivity index (χ3v) is 6.25. The molecule has 1 saturated heterocycles. The minimum Gasteiger partial charge on any atom is -0.295 e. The van der Waals surface area contributed by atoms with E-state index in [9.17, 15) is 8.42 Å². The van der Waals surface area contributed by atoms with E-state index in [2.05, 4.69) is 21.8 Å². The average Bonchev–Trinajstić information content (AvgIpc) is 2.64. The summed E-state index contributed by atoms with van der Waals surface area (Å²) in [5.41, 5.74) is 2.21. The molecule has 0 bridgehead atoms. The Labute approximate surface area is 150 Å². The third kappa shape index (κ3) is 4.69. The Morgan fingerprint density at radius 3 is 2.24 bits per heavy atom. The van der Waals surface area contributed by atoms with Crippen molar-refractivity contribution in [2.24, 2.45) is 0 Å². The lowest BCUT2D eigenvalue weighted by molar-refractivity contribution is 0.164. The smallest absolute Gasteiger partial charge is 0.240 e. The molecule has 2 aromatic rings. The molecule has 0 spiro atoms. The van der Waals surface area contributed by atoms with E-state index in [1.807, 2.05) is 37.3 Å². The highest BCUT2D eigenvalue weighted by Crippen LogP contribution is 2.24. The summed E-state index contributed by atoms with van der Waals surface area (Å²) in [4.78, 5) is 2.72. The highest BCUT2D eigenvalue weighted by atomic mass is 32.2. The van der Waals surface area contributed by atoms with Gasteiger partial charge in [0, 0.05) is 12.6 Å². The van der Waals surface area contributed by atoms with Crippen molar-refractivity contribution in [3.63, 3.8) is 0 Å². The number of nitrogens with one attached hydrogen (secondary N) is 1. The molecule has 0 saturated carbocycles. The van der Waals surface area contributed by atoms with Crippen LogP contribution in [0.4, 0.5) is 0 Å². The van der Waals surface area contributed by atoms with Crippen LogP contribution in [0.25, 0.3) is 0 Å². The molecule has 0 aromatic heterocycles. The SMILES string of the molecule is Cc1ccc(S(=O)(=O)NC[C@H](c2ccccc2)N2CCCCC2)cc1. The summed E-state index contributed by atoms with van der Waals surface area (Å²) in [6.45, 7) is 4.38. The van der Waals surface area contributed by atoms with E-state index in [4.69, 9.17) is 0 Å². The zero-order chi connectivity index (χ0) is 17.7. The lowest BCUT2D eigenvalue weighted by Crippen LogP contribution is -2.40. The molecule has 0 unspecified atom stereocenters. The molecule has 1 atom stereocenters. The Kier molecular flexibility index (Phi) is 5.89. The molecule has 1 aliphatic rings. The fourth-order valence-corrected chi connectivity index (χ4v) is 4.39. The van der Waals surface area contributed by atoms with Gasteiger partial charge in [-0.25, -0.2) is 13.1 Å². The molecule has 3 rings (SSSR count). The number of rotatable bonds is 6. The zero-order valence-electron chi connectivity index (χ0n) is 14.7. The average molecular weight is 359 g/mol. The number of benzene rings is 2. The summed E-state index contributed by atoms with van der Waals surface area (Å²) < 4.78 is 28.1. The maximum atomic E-state index is 12.6. The Hall–Kier alpha value is -1.69. The first kappa shape index (κ1) is 18.1. The Morgan fingerprint density at radius 1 is 0.960 bits per heavy atom. The molecule has 2 aromatic carbocycles. The molecule has 1 N–H and O–H groups in total. The lowest BCUT2D eigenvalue weighted by Gasteiger charge is -2.35. The van der Waals surface area contributed by atoms with Crippen molar-refractivity contribution in [2.45, 2.75) is 37.1 Å². The summed E-state index contributed by atoms with van der Waals surface area (Å²) in [6.07, 6.45) is 3.61. The van der Waals surface area contributed by atoms with Crippen LogP contribution >= 0.6 is 0 Å². The van der Waals surface area contributed by atoms with Gasteiger partial charge in [0.15, 0.2) is 0 Å². The fourth-order valence-electron chi connectivity index (χ4n) is 3.35. The maximum Gasteiger partial charge on any atom is 0.240 e. The monoisotopic (exact) mass is 358 g/mol. The number of hydrogen-bond acceptors (Lipinski definition) is 3. The molecule has 1 heterocycles. The van der Waals surface area contributed by atoms with Gasteiger partial charge in [0.25, 0.3) is 0 Å². The molecule has 0 aliphatic carbocycles. The molecule has 1 aliphatic heterocycles. The number of aryl methyl sites for hydroxylation is 1. The van der Waals surface area contributed by atoms with Gasteiger partial charge in [0.05, 0.1) is 4.90 Å². The van der Waals surface area contributed by atoms with E-state index in [0.717, 1.165) is 24.2 Å². The van der Waals surface area contributed by atoms with Gasteiger partial charge in [0.2, 0.25) is 10.0 Å². The van der Waals surface area contributed by atoms with Gasteiger partial charge in [-0.2, -0.15) is 0 Å². The molecule has 1 fully saturated rings. The number of hydrogen-bond donors (Lipinski definition) is 1. The van der Waals surface area contributed by atoms with Gasteiger partial charge in [-0.15, -0.1) is 0 Å². The molecular weight excluding hydrogens is 332 g/mol. The highest BCUT2D eigenvalue weighted by Gasteiger charge is 2.24. The van der Waals surface area contributed by atoms with Crippen molar-refractivity contribution in [3.05, 3.63) is 65.7 Å². The van der Waals surface area contributed by atoms with Crippen molar-refractivity contribution in [3.8, 4) is 0 Å². The van der Waals surface area contributed by atoms with Crippen LogP contribution in [0, 0.1) is 6.92 Å². The van der Waals surface area contributed by atoms with Crippen LogP contribution < -0.4 is 4.72 Å². The van der Waals surface area contributed by atoms with Gasteiger partial charge >= 0.3 is 0 Å². The van der Waals surface area contributed by atoms with E-state index in [1.165, 1.54) is 19.3 Å². The van der Waals surface area contributed by atoms with Crippen molar-refractivity contribution < 1.29 is 8.42 Å². The molecule has 134 valence electrons. The predicted molar refractivity (Wildman–Crippen MR) is 101 cm³/mol. The van der Waals surface area contributed by atoms with Gasteiger partial charge in [-0.3, -0.25) is 4.90 Å². The van der Waals surface area contributed by atoms with Crippen LogP contribution in [-0.2, 0) is 10.0 Å². The maximum absolute atomic E-state index is 12.6. The van der Waals surface area contributed by atoms with E-state index in [1.54, 1.807) is 12.1 Å². The second-order valence-electron chi connectivity index (χ2n) is 6.69. The summed E-state index contributed by atoms with van der Waals surface area (Å²) in [7, 11) is -3.50. The van der Waals surface area contributed by atoms with E-state index in [-0.39, 0.29) is 6.04 Å². The van der Waals surface area contributed by atoms with Gasteiger partial charge < -0.3 is 0 Å². The fraction of sp³-hybridized carbons (Fsp3) is 0.400. The molecule has 0 amide bonds. The van der Waals surface area contributed by atoms with E-state index in [0.29, 0.717) is 11.4 Å². The first-order valence-electron chi connectivity index (χ1n) is 8.91. The number of likely N-dealkylation sites (tertiary alicyclic amines) is 1. The number of sulfonamides is 1. The first-order valence-corrected chi connectivity index (χ1v) is 10.4. The van der Waals surface area contributed by atoms with Crippen LogP contribution in [0.2, 0.25) is 0 Å². The van der Waals surface area contributed by atoms with E-state index < -0.39 is 10.0 Å². The summed E-state index contributed by atoms with van der Waals surface area (Å²) in [5.74, 6) is 0. The predicted octanol–water partition coefficient (Wildman–Crippen LogP) is 3.50. The molecule has 25 heavy (non-hydrogen) atoms. The molecule has 0 radical (unpaired) electrons. The Bertz CT molecular complexity index is 767. The summed E-state index contributed by atoms with van der Waals surface area (Å²) in [6, 6.07) is 17.2. The van der Waals surface area contributed by atoms with Crippen molar-refractivity contribution in [1.82, 2.24) is 9.62 Å². The van der Waals surface area contributed by atoms with Crippen LogP contribution in [0.1, 0.15) is 36.4 Å². The van der Waals surface area contributed by atoms with Gasteiger partial charge in [0.1, 0.15) is 0 Å². The summed E-state index contributed by atoms with van der Waals surface area (Å²) in [5, 5.41) is 0. The minimum atomic E-state index is -3.50. The number of nitrogens with zero attached hydrogens (tertiary/aromatic N) is 1. The Balaban J connectivity index is 1.77. The van der Waals surface area contributed by atoms with Crippen LogP contribution in [0.5, 0.6) is 0 Å². The largest absolute Gasteiger partial charge is 0.295 e. The number of piperidine rings is 1. The van der Waals surface area contributed by atoms with Gasteiger partial charge in [-0.05, 0) is 50.6 Å². The third-order valence-electron chi connectivity index (χ3n) is 4.81. The second kappa shape index (κ2) is 8.13. The minimum absolute atomic E-state index is 0.0710. The highest BCUT2D eigenvalue weighted by molar-refractivity contribution is 7.89. The van der Waals surface area contributed by atoms with E-state index >= 15 is 0 Å². The molecular formula is C20H26N2O2S. The topological polar surface area (TPSA) is 49.4 Å². The standard InChI is InChI=1S/C20H26N2O2S/c1-17-10-12-19(13-11-17)25(23,24)21-16-20(18-8-4-2-5-9-18)22-14-6-3-7-15-22/h2,4-5,8-13,20-21H,3,6-7,14-16H2,1H3/t20-/m1/s1. The van der Waals surface area contributed by atoms with Crippen molar-refractivity contribution >= 4 is 10.0 Å². The van der Waals surface area contributed by atoms with Gasteiger partial charge in [-0.1, -0.05) is 54.4 Å². The quantitative estimate of drug-likeness (QED) is 0.860. The molecule has 4 nitrogen and oxygen atoms in total. The van der Waals surface area contributed by atoms with Crippen molar-refractivity contribution in [2.75, 3.05) is 19.6 Å². The normalized spacial score (nSPS) is 17.3. The first-order chi connectivity index (χ1) is 12.1. The van der Waals surface area contributed by atoms with Crippen LogP contribution in [-0.4, -0.2) is 33.0 Å². The zero-order valence-corrected chi connectivity index (χ0v) is 15.5. The molecule has 5 heteroatoms. The van der Waals surface area contributed by atoms with Crippen LogP contribution in [0.3, 0.4) is 0 Å². The Morgan fingerprint density at radius 2 is 1.60 bits per heavy atom. The van der Waals surface area contributed by atoms with Crippen molar-refractivity contribution in [1.29, 1.82) is 0 Å². The second-order valence-corrected chi connectivity index (χ2v) is 8.46. The van der Waals surface area contributed by atoms with Crippen LogP contribution in [0.15, 0.2) is 59.5 Å².